The summed E-state index contributed by atoms with van der Waals surface area (Å²) in [5.41, 5.74) is 1.98. The van der Waals surface area contributed by atoms with Crippen molar-refractivity contribution in [2.75, 3.05) is 0 Å². The Bertz CT molecular complexity index is 489. The fourth-order valence-electron chi connectivity index (χ4n) is 1.21. The van der Waals surface area contributed by atoms with Gasteiger partial charge >= 0.3 is 0 Å². The van der Waals surface area contributed by atoms with Gasteiger partial charge in [0.15, 0.2) is 0 Å². The minimum atomic E-state index is 0.600. The van der Waals surface area contributed by atoms with E-state index in [1.54, 1.807) is 17.1 Å². The fourth-order valence-corrected chi connectivity index (χ4v) is 1.21. The predicted molar refractivity (Wildman–Crippen MR) is 58.1 cm³/mol. The molecule has 0 fully saturated rings. The average molecular weight is 197 g/mol. The quantitative estimate of drug-likeness (QED) is 0.651. The first-order valence-corrected chi connectivity index (χ1v) is 4.73. The minimum Gasteiger partial charge on any atom is -0.261 e. The first kappa shape index (κ1) is 9.47. The molecule has 0 N–H and O–H groups in total. The van der Waals surface area contributed by atoms with E-state index < -0.39 is 0 Å². The van der Waals surface area contributed by atoms with Gasteiger partial charge in [0.05, 0.1) is 0 Å². The maximum Gasteiger partial charge on any atom is 0.113 e. The summed E-state index contributed by atoms with van der Waals surface area (Å²) in [5.74, 6) is 6.02. The van der Waals surface area contributed by atoms with Crippen LogP contribution >= 0.6 is 0 Å². The lowest BCUT2D eigenvalue weighted by molar-refractivity contribution is 0.715. The Hall–Kier alpha value is -2.08. The normalized spacial score (nSPS) is 9.40. The molecule has 0 radical (unpaired) electrons. The van der Waals surface area contributed by atoms with Crippen molar-refractivity contribution in [3.63, 3.8) is 0 Å². The van der Waals surface area contributed by atoms with Crippen LogP contribution < -0.4 is 0 Å². The lowest BCUT2D eigenvalue weighted by Gasteiger charge is -1.92. The third-order valence-corrected chi connectivity index (χ3v) is 1.93. The maximum atomic E-state index is 4.16. The number of aryl methyl sites for hydroxylation is 1. The van der Waals surface area contributed by atoms with Crippen molar-refractivity contribution >= 4 is 0 Å². The van der Waals surface area contributed by atoms with E-state index in [0.29, 0.717) is 6.54 Å². The zero-order valence-electron chi connectivity index (χ0n) is 8.51. The number of aromatic nitrogens is 3. The van der Waals surface area contributed by atoms with Crippen molar-refractivity contribution in [1.29, 1.82) is 0 Å². The Kier molecular flexibility index (Phi) is 2.80. The highest BCUT2D eigenvalue weighted by molar-refractivity contribution is 5.29. The van der Waals surface area contributed by atoms with E-state index in [9.17, 15) is 0 Å². The maximum absolute atomic E-state index is 4.16. The lowest BCUT2D eigenvalue weighted by atomic mass is 10.2. The third-order valence-electron chi connectivity index (χ3n) is 1.93. The van der Waals surface area contributed by atoms with Gasteiger partial charge < -0.3 is 0 Å². The van der Waals surface area contributed by atoms with Crippen LogP contribution in [0.15, 0.2) is 36.8 Å². The topological polar surface area (TPSA) is 30.7 Å². The van der Waals surface area contributed by atoms with E-state index in [1.807, 2.05) is 31.3 Å². The number of hydrogen-bond acceptors (Lipinski definition) is 2. The van der Waals surface area contributed by atoms with Gasteiger partial charge in [-0.3, -0.25) is 4.68 Å². The number of nitrogens with zero attached hydrogens (tertiary/aromatic N) is 3. The van der Waals surface area contributed by atoms with Crippen LogP contribution in [0.1, 0.15) is 11.3 Å². The second kappa shape index (κ2) is 4.43. The molecule has 0 spiro atoms. The van der Waals surface area contributed by atoms with Crippen molar-refractivity contribution in [2.24, 2.45) is 0 Å². The van der Waals surface area contributed by atoms with Crippen LogP contribution in [0.3, 0.4) is 0 Å². The fraction of sp³-hybridized carbons (Fsp3) is 0.167. The predicted octanol–water partition coefficient (Wildman–Crippen LogP) is 1.64. The Morgan fingerprint density at radius 2 is 2.33 bits per heavy atom. The zero-order valence-corrected chi connectivity index (χ0v) is 8.51. The molecule has 74 valence electrons. The second-order valence-electron chi connectivity index (χ2n) is 3.22. The molecule has 0 aromatic carbocycles. The highest BCUT2D eigenvalue weighted by Gasteiger charge is 1.88. The van der Waals surface area contributed by atoms with Crippen molar-refractivity contribution in [3.8, 4) is 11.8 Å². The van der Waals surface area contributed by atoms with Gasteiger partial charge in [-0.15, -0.1) is 0 Å². The Morgan fingerprint density at radius 3 is 3.07 bits per heavy atom. The molecule has 2 heterocycles. The molecule has 3 nitrogen and oxygen atoms in total. The summed E-state index contributed by atoms with van der Waals surface area (Å²) >= 11 is 0. The first-order valence-electron chi connectivity index (χ1n) is 4.73. The second-order valence-corrected chi connectivity index (χ2v) is 3.22. The van der Waals surface area contributed by atoms with Gasteiger partial charge in [-0.2, -0.15) is 5.10 Å². The molecule has 0 aliphatic carbocycles. The molecular weight excluding hydrogens is 186 g/mol. The van der Waals surface area contributed by atoms with E-state index in [-0.39, 0.29) is 0 Å². The standard InChI is InChI=1S/C12H11N3/c1-11-5-7-13-12(10-11)4-2-8-15-9-3-6-14-15/h3,5-7,9-10H,8H2,1H3. The number of pyridine rings is 1. The largest absolute Gasteiger partial charge is 0.261 e. The van der Waals surface area contributed by atoms with Crippen LogP contribution in [0.25, 0.3) is 0 Å². The Labute approximate surface area is 88.8 Å². The molecule has 2 rings (SSSR count). The highest BCUT2D eigenvalue weighted by Crippen LogP contribution is 1.97. The number of rotatable bonds is 1. The van der Waals surface area contributed by atoms with E-state index in [0.717, 1.165) is 5.69 Å². The van der Waals surface area contributed by atoms with Gasteiger partial charge in [0.25, 0.3) is 0 Å². The van der Waals surface area contributed by atoms with Crippen LogP contribution in [0.4, 0.5) is 0 Å². The molecule has 15 heavy (non-hydrogen) atoms. The summed E-state index contributed by atoms with van der Waals surface area (Å²) in [6.45, 7) is 2.63. The first-order chi connectivity index (χ1) is 7.34. The summed E-state index contributed by atoms with van der Waals surface area (Å²) in [5, 5.41) is 4.06. The van der Waals surface area contributed by atoms with Gasteiger partial charge in [0.1, 0.15) is 12.2 Å². The minimum absolute atomic E-state index is 0.600. The van der Waals surface area contributed by atoms with Gasteiger partial charge in [0, 0.05) is 18.6 Å². The average Bonchev–Trinajstić information content (AvgIpc) is 2.71. The monoisotopic (exact) mass is 197 g/mol. The summed E-state index contributed by atoms with van der Waals surface area (Å²) in [7, 11) is 0. The van der Waals surface area contributed by atoms with E-state index in [1.165, 1.54) is 5.56 Å². The van der Waals surface area contributed by atoms with Crippen molar-refractivity contribution in [1.82, 2.24) is 14.8 Å². The van der Waals surface area contributed by atoms with Crippen LogP contribution in [0.5, 0.6) is 0 Å². The molecule has 0 bridgehead atoms. The molecule has 0 atom stereocenters. The van der Waals surface area contributed by atoms with Crippen molar-refractivity contribution in [3.05, 3.63) is 48.0 Å². The van der Waals surface area contributed by atoms with Gasteiger partial charge in [-0.1, -0.05) is 5.92 Å². The molecule has 3 heteroatoms. The molecule has 0 saturated heterocycles. The van der Waals surface area contributed by atoms with E-state index in [4.69, 9.17) is 0 Å². The molecule has 2 aromatic rings. The van der Waals surface area contributed by atoms with Crippen molar-refractivity contribution in [2.45, 2.75) is 13.5 Å². The molecular formula is C12H11N3. The van der Waals surface area contributed by atoms with Gasteiger partial charge in [-0.25, -0.2) is 4.98 Å². The summed E-state index contributed by atoms with van der Waals surface area (Å²) in [6.07, 6.45) is 5.40. The molecule has 0 aliphatic rings. The molecule has 0 aliphatic heterocycles. The molecule has 2 aromatic heterocycles. The summed E-state index contributed by atoms with van der Waals surface area (Å²) in [4.78, 5) is 4.16. The van der Waals surface area contributed by atoms with Gasteiger partial charge in [-0.05, 0) is 36.6 Å². The van der Waals surface area contributed by atoms with Crippen LogP contribution in [-0.2, 0) is 6.54 Å². The molecule has 0 saturated carbocycles. The van der Waals surface area contributed by atoms with E-state index in [2.05, 4.69) is 21.9 Å². The third kappa shape index (κ3) is 2.68. The van der Waals surface area contributed by atoms with Crippen LogP contribution in [0.2, 0.25) is 0 Å². The van der Waals surface area contributed by atoms with Crippen LogP contribution in [-0.4, -0.2) is 14.8 Å². The molecule has 0 unspecified atom stereocenters. The molecule has 0 amide bonds. The van der Waals surface area contributed by atoms with Crippen LogP contribution in [0, 0.1) is 18.8 Å². The SMILES string of the molecule is Cc1ccnc(C#CCn2cccn2)c1. The zero-order chi connectivity index (χ0) is 10.5. The summed E-state index contributed by atoms with van der Waals surface area (Å²) in [6, 6.07) is 5.81. The van der Waals surface area contributed by atoms with E-state index >= 15 is 0 Å². The highest BCUT2D eigenvalue weighted by atomic mass is 15.3. The Morgan fingerprint density at radius 1 is 1.40 bits per heavy atom. The Balaban J connectivity index is 2.06. The summed E-state index contributed by atoms with van der Waals surface area (Å²) < 4.78 is 1.78. The van der Waals surface area contributed by atoms with Crippen molar-refractivity contribution < 1.29 is 0 Å². The lowest BCUT2D eigenvalue weighted by Crippen LogP contribution is -1.95. The number of hydrogen-bond donors (Lipinski definition) is 0. The smallest absolute Gasteiger partial charge is 0.113 e. The van der Waals surface area contributed by atoms with Gasteiger partial charge in [0.2, 0.25) is 0 Å².